The summed E-state index contributed by atoms with van der Waals surface area (Å²) in [6.45, 7) is 7.33. The molecular formula is C24H26N2O5. The van der Waals surface area contributed by atoms with Crippen molar-refractivity contribution in [2.45, 2.75) is 40.3 Å². The Bertz CT molecular complexity index is 1150. The van der Waals surface area contributed by atoms with Crippen LogP contribution in [0.5, 0.6) is 0 Å². The summed E-state index contributed by atoms with van der Waals surface area (Å²) in [5.41, 5.74) is 3.01. The Morgan fingerprint density at radius 2 is 1.77 bits per heavy atom. The van der Waals surface area contributed by atoms with Crippen LogP contribution in [0, 0.1) is 19.8 Å². The van der Waals surface area contributed by atoms with Crippen molar-refractivity contribution >= 4 is 28.7 Å². The molecule has 1 heterocycles. The summed E-state index contributed by atoms with van der Waals surface area (Å²) >= 11 is 0. The van der Waals surface area contributed by atoms with Gasteiger partial charge in [0.05, 0.1) is 0 Å². The lowest BCUT2D eigenvalue weighted by Gasteiger charge is -2.21. The van der Waals surface area contributed by atoms with Crippen LogP contribution in [0.2, 0.25) is 0 Å². The maximum atomic E-state index is 12.7. The van der Waals surface area contributed by atoms with E-state index in [2.05, 4.69) is 10.6 Å². The van der Waals surface area contributed by atoms with Gasteiger partial charge in [0.25, 0.3) is 0 Å². The van der Waals surface area contributed by atoms with Crippen molar-refractivity contribution in [1.82, 2.24) is 5.32 Å². The zero-order valence-corrected chi connectivity index (χ0v) is 18.0. The molecule has 1 atom stereocenters. The van der Waals surface area contributed by atoms with Gasteiger partial charge in [-0.3, -0.25) is 0 Å². The molecule has 2 amide bonds. The number of carbonyl (C=O) groups is 2. The number of urea groups is 1. The fourth-order valence-electron chi connectivity index (χ4n) is 3.21. The van der Waals surface area contributed by atoms with E-state index in [-0.39, 0.29) is 12.5 Å². The number of carbonyl (C=O) groups excluding carboxylic acids is 2. The van der Waals surface area contributed by atoms with E-state index in [0.29, 0.717) is 22.2 Å². The third-order valence-corrected chi connectivity index (χ3v) is 5.13. The Morgan fingerprint density at radius 1 is 1.06 bits per heavy atom. The molecule has 0 saturated carbocycles. The van der Waals surface area contributed by atoms with Crippen molar-refractivity contribution in [3.8, 4) is 0 Å². The standard InChI is InChI=1S/C24H26N2O5/c1-14(2)21(26-24(29)25-18-8-6-5-7-9-18)23(28)30-13-17-12-20(27)31-22-16(4)15(3)10-11-19(17)22/h5-12,14,21H,13H2,1-4H3,(H2,25,26,29)/t21-/m0/s1. The second kappa shape index (κ2) is 9.47. The minimum atomic E-state index is -0.848. The molecule has 0 spiro atoms. The quantitative estimate of drug-likeness (QED) is 0.456. The van der Waals surface area contributed by atoms with Gasteiger partial charge < -0.3 is 19.8 Å². The number of para-hydroxylation sites is 1. The van der Waals surface area contributed by atoms with E-state index in [9.17, 15) is 14.4 Å². The minimum Gasteiger partial charge on any atom is -0.459 e. The number of rotatable bonds is 6. The smallest absolute Gasteiger partial charge is 0.336 e. The molecule has 0 saturated heterocycles. The first-order valence-electron chi connectivity index (χ1n) is 10.1. The van der Waals surface area contributed by atoms with E-state index in [1.165, 1.54) is 6.07 Å². The number of fused-ring (bicyclic) bond motifs is 1. The van der Waals surface area contributed by atoms with Crippen molar-refractivity contribution < 1.29 is 18.7 Å². The molecular weight excluding hydrogens is 396 g/mol. The SMILES string of the molecule is Cc1ccc2c(COC(=O)[C@@H](NC(=O)Nc3ccccc3)C(C)C)cc(=O)oc2c1C. The van der Waals surface area contributed by atoms with Gasteiger partial charge in [-0.1, -0.05) is 44.2 Å². The maximum absolute atomic E-state index is 12.7. The van der Waals surface area contributed by atoms with E-state index in [1.54, 1.807) is 24.3 Å². The molecule has 0 fully saturated rings. The van der Waals surface area contributed by atoms with Gasteiger partial charge in [-0.2, -0.15) is 0 Å². The van der Waals surface area contributed by atoms with E-state index >= 15 is 0 Å². The molecule has 0 aliphatic heterocycles. The second-order valence-corrected chi connectivity index (χ2v) is 7.77. The van der Waals surface area contributed by atoms with Crippen LogP contribution in [0.4, 0.5) is 10.5 Å². The number of anilines is 1. The molecule has 3 rings (SSSR count). The van der Waals surface area contributed by atoms with Crippen molar-refractivity contribution in [2.24, 2.45) is 5.92 Å². The van der Waals surface area contributed by atoms with Crippen LogP contribution < -0.4 is 16.3 Å². The molecule has 31 heavy (non-hydrogen) atoms. The maximum Gasteiger partial charge on any atom is 0.336 e. The Kier molecular flexibility index (Phi) is 6.74. The first-order valence-corrected chi connectivity index (χ1v) is 10.1. The second-order valence-electron chi connectivity index (χ2n) is 7.77. The van der Waals surface area contributed by atoms with Gasteiger partial charge >= 0.3 is 17.6 Å². The van der Waals surface area contributed by atoms with Crippen LogP contribution in [0.15, 0.2) is 57.7 Å². The summed E-state index contributed by atoms with van der Waals surface area (Å²) in [5.74, 6) is -0.778. The molecule has 3 aromatic rings. The lowest BCUT2D eigenvalue weighted by molar-refractivity contribution is -0.148. The molecule has 162 valence electrons. The van der Waals surface area contributed by atoms with E-state index in [0.717, 1.165) is 11.1 Å². The Morgan fingerprint density at radius 3 is 2.45 bits per heavy atom. The first-order chi connectivity index (χ1) is 14.8. The van der Waals surface area contributed by atoms with Crippen LogP contribution in [0.25, 0.3) is 11.0 Å². The van der Waals surface area contributed by atoms with Crippen molar-refractivity contribution in [2.75, 3.05) is 5.32 Å². The lowest BCUT2D eigenvalue weighted by Crippen LogP contribution is -2.47. The van der Waals surface area contributed by atoms with Crippen LogP contribution in [0.3, 0.4) is 0 Å². The highest BCUT2D eigenvalue weighted by molar-refractivity contribution is 5.92. The predicted molar refractivity (Wildman–Crippen MR) is 119 cm³/mol. The summed E-state index contributed by atoms with van der Waals surface area (Å²) in [6, 6.07) is 12.7. The average molecular weight is 422 g/mol. The monoisotopic (exact) mass is 422 g/mol. The van der Waals surface area contributed by atoms with Crippen LogP contribution in [-0.2, 0) is 16.1 Å². The minimum absolute atomic E-state index is 0.103. The number of benzene rings is 2. The van der Waals surface area contributed by atoms with E-state index < -0.39 is 23.7 Å². The molecule has 2 N–H and O–H groups in total. The third kappa shape index (κ3) is 5.31. The van der Waals surface area contributed by atoms with Gasteiger partial charge in [-0.05, 0) is 43.0 Å². The fraction of sp³-hybridized carbons (Fsp3) is 0.292. The average Bonchev–Trinajstić information content (AvgIpc) is 2.73. The van der Waals surface area contributed by atoms with E-state index in [1.807, 2.05) is 45.9 Å². The van der Waals surface area contributed by atoms with Gasteiger partial charge in [-0.15, -0.1) is 0 Å². The number of hydrogen-bond acceptors (Lipinski definition) is 5. The Balaban J connectivity index is 1.73. The summed E-state index contributed by atoms with van der Waals surface area (Å²) in [5, 5.41) is 6.06. The van der Waals surface area contributed by atoms with Crippen molar-refractivity contribution in [1.29, 1.82) is 0 Å². The predicted octanol–water partition coefficient (Wildman–Crippen LogP) is 4.30. The lowest BCUT2D eigenvalue weighted by atomic mass is 10.0. The number of amides is 2. The fourth-order valence-corrected chi connectivity index (χ4v) is 3.21. The number of nitrogens with one attached hydrogen (secondary N) is 2. The molecule has 0 aliphatic carbocycles. The highest BCUT2D eigenvalue weighted by Crippen LogP contribution is 2.24. The molecule has 0 aliphatic rings. The molecule has 2 aromatic carbocycles. The van der Waals surface area contributed by atoms with E-state index in [4.69, 9.17) is 9.15 Å². The zero-order chi connectivity index (χ0) is 22.5. The van der Waals surface area contributed by atoms with Gasteiger partial charge in [0.2, 0.25) is 0 Å². The largest absolute Gasteiger partial charge is 0.459 e. The van der Waals surface area contributed by atoms with Crippen molar-refractivity contribution in [3.63, 3.8) is 0 Å². The summed E-state index contributed by atoms with van der Waals surface area (Å²) in [6.07, 6.45) is 0. The summed E-state index contributed by atoms with van der Waals surface area (Å²) in [7, 11) is 0. The molecule has 0 unspecified atom stereocenters. The topological polar surface area (TPSA) is 97.6 Å². The summed E-state index contributed by atoms with van der Waals surface area (Å²) in [4.78, 5) is 37.0. The zero-order valence-electron chi connectivity index (χ0n) is 18.0. The molecule has 7 nitrogen and oxygen atoms in total. The van der Waals surface area contributed by atoms with Crippen LogP contribution in [-0.4, -0.2) is 18.0 Å². The Labute approximate surface area is 180 Å². The number of hydrogen-bond donors (Lipinski definition) is 2. The number of ether oxygens (including phenoxy) is 1. The number of esters is 1. The molecule has 0 bridgehead atoms. The van der Waals surface area contributed by atoms with Gasteiger partial charge in [0, 0.05) is 22.7 Å². The molecule has 0 radical (unpaired) electrons. The van der Waals surface area contributed by atoms with Gasteiger partial charge in [0.1, 0.15) is 18.2 Å². The normalized spacial score (nSPS) is 11.9. The Hall–Kier alpha value is -3.61. The summed E-state index contributed by atoms with van der Waals surface area (Å²) < 4.78 is 10.8. The van der Waals surface area contributed by atoms with Crippen molar-refractivity contribution in [3.05, 3.63) is 75.6 Å². The molecule has 1 aromatic heterocycles. The van der Waals surface area contributed by atoms with Crippen LogP contribution >= 0.6 is 0 Å². The molecule has 7 heteroatoms. The van der Waals surface area contributed by atoms with Gasteiger partial charge in [-0.25, -0.2) is 14.4 Å². The first kappa shape index (κ1) is 22.1. The highest BCUT2D eigenvalue weighted by Gasteiger charge is 2.26. The van der Waals surface area contributed by atoms with Gasteiger partial charge in [0.15, 0.2) is 0 Å². The highest BCUT2D eigenvalue weighted by atomic mass is 16.5. The number of aryl methyl sites for hydroxylation is 2. The third-order valence-electron chi connectivity index (χ3n) is 5.13. The van der Waals surface area contributed by atoms with Crippen LogP contribution in [0.1, 0.15) is 30.5 Å².